The van der Waals surface area contributed by atoms with E-state index in [4.69, 9.17) is 4.74 Å². The van der Waals surface area contributed by atoms with E-state index in [0.29, 0.717) is 0 Å². The first-order valence-electron chi connectivity index (χ1n) is 11.3. The Balaban J connectivity index is 1.94. The zero-order valence-corrected chi connectivity index (χ0v) is 21.5. The second-order valence-corrected chi connectivity index (χ2v) is 14.6. The minimum atomic E-state index is -1.64. The van der Waals surface area contributed by atoms with Crippen LogP contribution in [-0.2, 0) is 6.54 Å². The SMILES string of the molecule is CCN(CC=CC#CC(C)(C)C)Cc1cccc(OC[Si](C)(C)c2ccc(C)cc2)c1. The molecule has 0 fully saturated rings. The quantitative estimate of drug-likeness (QED) is 0.357. The number of rotatable bonds is 9. The molecule has 31 heavy (non-hydrogen) atoms. The third-order valence-corrected chi connectivity index (χ3v) is 7.96. The molecule has 2 rings (SSSR count). The maximum Gasteiger partial charge on any atom is 0.124 e. The van der Waals surface area contributed by atoms with Crippen molar-refractivity contribution >= 4 is 13.3 Å². The molecule has 0 bridgehead atoms. The van der Waals surface area contributed by atoms with Crippen molar-refractivity contribution < 1.29 is 4.74 Å². The Morgan fingerprint density at radius 1 is 1.06 bits per heavy atom. The van der Waals surface area contributed by atoms with Gasteiger partial charge in [0.1, 0.15) is 13.8 Å². The molecule has 0 radical (unpaired) electrons. The second-order valence-electron chi connectivity index (χ2n) is 9.94. The molecule has 166 valence electrons. The molecule has 2 aromatic carbocycles. The molecular formula is C28H39NOSi. The molecule has 0 atom stereocenters. The highest BCUT2D eigenvalue weighted by Crippen LogP contribution is 2.17. The number of hydrogen-bond acceptors (Lipinski definition) is 2. The summed E-state index contributed by atoms with van der Waals surface area (Å²) in [5.41, 5.74) is 2.63. The van der Waals surface area contributed by atoms with Crippen molar-refractivity contribution in [3.63, 3.8) is 0 Å². The molecule has 0 heterocycles. The van der Waals surface area contributed by atoms with Gasteiger partial charge in [-0.2, -0.15) is 0 Å². The van der Waals surface area contributed by atoms with Gasteiger partial charge in [-0.05, 0) is 58.0 Å². The van der Waals surface area contributed by atoms with Crippen molar-refractivity contribution in [3.05, 3.63) is 71.8 Å². The van der Waals surface area contributed by atoms with Gasteiger partial charge in [0.05, 0.1) is 6.23 Å². The monoisotopic (exact) mass is 433 g/mol. The Bertz CT molecular complexity index is 911. The van der Waals surface area contributed by atoms with Gasteiger partial charge in [-0.3, -0.25) is 4.90 Å². The average molecular weight is 434 g/mol. The summed E-state index contributed by atoms with van der Waals surface area (Å²) >= 11 is 0. The van der Waals surface area contributed by atoms with Crippen LogP contribution < -0.4 is 9.92 Å². The van der Waals surface area contributed by atoms with Crippen molar-refractivity contribution in [2.75, 3.05) is 19.3 Å². The summed E-state index contributed by atoms with van der Waals surface area (Å²) in [6.45, 7) is 18.3. The van der Waals surface area contributed by atoms with Crippen LogP contribution in [0.15, 0.2) is 60.7 Å². The molecule has 0 amide bonds. The third kappa shape index (κ3) is 9.17. The molecule has 0 N–H and O–H groups in total. The second kappa shape index (κ2) is 11.4. The predicted molar refractivity (Wildman–Crippen MR) is 138 cm³/mol. The Labute approximate surface area is 191 Å². The van der Waals surface area contributed by atoms with Crippen molar-refractivity contribution in [1.29, 1.82) is 0 Å². The Hall–Kier alpha value is -2.28. The number of likely N-dealkylation sites (N-methyl/N-ethyl adjacent to an activating group) is 1. The van der Waals surface area contributed by atoms with Gasteiger partial charge in [0.25, 0.3) is 0 Å². The first-order valence-corrected chi connectivity index (χ1v) is 14.5. The smallest absolute Gasteiger partial charge is 0.124 e. The zero-order valence-electron chi connectivity index (χ0n) is 20.5. The van der Waals surface area contributed by atoms with E-state index >= 15 is 0 Å². The van der Waals surface area contributed by atoms with Crippen molar-refractivity contribution in [3.8, 4) is 17.6 Å². The van der Waals surface area contributed by atoms with Crippen LogP contribution in [-0.4, -0.2) is 32.3 Å². The fraction of sp³-hybridized carbons (Fsp3) is 0.429. The van der Waals surface area contributed by atoms with Crippen LogP contribution in [0, 0.1) is 24.2 Å². The lowest BCUT2D eigenvalue weighted by Crippen LogP contribution is -2.47. The van der Waals surface area contributed by atoms with Gasteiger partial charge in [-0.15, -0.1) is 0 Å². The maximum absolute atomic E-state index is 6.27. The molecule has 2 nitrogen and oxygen atoms in total. The topological polar surface area (TPSA) is 12.5 Å². The van der Waals surface area contributed by atoms with Gasteiger partial charge in [0.15, 0.2) is 0 Å². The van der Waals surface area contributed by atoms with Gasteiger partial charge in [-0.25, -0.2) is 0 Å². The Morgan fingerprint density at radius 3 is 2.42 bits per heavy atom. The first-order chi connectivity index (χ1) is 14.6. The number of benzene rings is 2. The van der Waals surface area contributed by atoms with E-state index in [-0.39, 0.29) is 5.41 Å². The van der Waals surface area contributed by atoms with Crippen LogP contribution in [0.25, 0.3) is 0 Å². The predicted octanol–water partition coefficient (Wildman–Crippen LogP) is 5.96. The summed E-state index contributed by atoms with van der Waals surface area (Å²) in [6, 6.07) is 17.5. The highest BCUT2D eigenvalue weighted by atomic mass is 28.3. The van der Waals surface area contributed by atoms with Gasteiger partial charge in [-0.1, -0.05) is 85.1 Å². The zero-order chi connectivity index (χ0) is 22.9. The molecule has 0 aliphatic rings. The molecule has 0 saturated heterocycles. The lowest BCUT2D eigenvalue weighted by Gasteiger charge is -2.24. The van der Waals surface area contributed by atoms with Gasteiger partial charge in [0, 0.05) is 18.5 Å². The van der Waals surface area contributed by atoms with Gasteiger partial charge >= 0.3 is 0 Å². The first kappa shape index (κ1) is 25.0. The molecule has 0 aliphatic heterocycles. The summed E-state index contributed by atoms with van der Waals surface area (Å²) < 4.78 is 6.27. The molecule has 0 spiro atoms. The lowest BCUT2D eigenvalue weighted by molar-refractivity contribution is 0.310. The minimum Gasteiger partial charge on any atom is -0.497 e. The largest absolute Gasteiger partial charge is 0.497 e. The molecule has 0 unspecified atom stereocenters. The number of aryl methyl sites for hydroxylation is 1. The van der Waals surface area contributed by atoms with Crippen LogP contribution in [0.2, 0.25) is 13.1 Å². The van der Waals surface area contributed by atoms with E-state index in [0.717, 1.165) is 31.6 Å². The highest BCUT2D eigenvalue weighted by molar-refractivity contribution is 6.89. The summed E-state index contributed by atoms with van der Waals surface area (Å²) in [7, 11) is -1.64. The maximum atomic E-state index is 6.27. The standard InChI is InChI=1S/C28H39NOSi/c1-8-29(20-11-9-10-19-28(3,4)5)22-25-13-12-14-26(21-25)30-23-31(6,7)27-17-15-24(2)16-18-27/h9,11-18,21H,8,20,22-23H2,1-7H3. The van der Waals surface area contributed by atoms with Crippen molar-refractivity contribution in [2.24, 2.45) is 5.41 Å². The number of ether oxygens (including phenoxy) is 1. The van der Waals surface area contributed by atoms with Crippen LogP contribution >= 0.6 is 0 Å². The van der Waals surface area contributed by atoms with E-state index < -0.39 is 8.07 Å². The van der Waals surface area contributed by atoms with Crippen molar-refractivity contribution in [2.45, 2.75) is 54.3 Å². The van der Waals surface area contributed by atoms with Crippen LogP contribution in [0.5, 0.6) is 5.75 Å². The molecule has 0 aliphatic carbocycles. The fourth-order valence-corrected chi connectivity index (χ4v) is 4.93. The Kier molecular flexibility index (Phi) is 9.16. The third-order valence-electron chi connectivity index (χ3n) is 5.20. The van der Waals surface area contributed by atoms with E-state index in [1.165, 1.54) is 16.3 Å². The number of allylic oxidation sites excluding steroid dienone is 1. The summed E-state index contributed by atoms with van der Waals surface area (Å²) in [5.74, 6) is 7.36. The summed E-state index contributed by atoms with van der Waals surface area (Å²) in [4.78, 5) is 2.40. The number of hydrogen-bond donors (Lipinski definition) is 0. The van der Waals surface area contributed by atoms with E-state index in [1.54, 1.807) is 0 Å². The average Bonchev–Trinajstić information content (AvgIpc) is 2.71. The molecule has 0 aromatic heterocycles. The Morgan fingerprint density at radius 2 is 1.77 bits per heavy atom. The summed E-state index contributed by atoms with van der Waals surface area (Å²) in [5, 5.41) is 1.44. The minimum absolute atomic E-state index is 0.0477. The van der Waals surface area contributed by atoms with Gasteiger partial charge in [0.2, 0.25) is 0 Å². The van der Waals surface area contributed by atoms with Crippen LogP contribution in [0.4, 0.5) is 0 Å². The molecule has 0 saturated carbocycles. The normalized spacial score (nSPS) is 12.1. The van der Waals surface area contributed by atoms with Crippen LogP contribution in [0.3, 0.4) is 0 Å². The van der Waals surface area contributed by atoms with Gasteiger partial charge < -0.3 is 4.74 Å². The lowest BCUT2D eigenvalue weighted by atomic mass is 9.98. The fourth-order valence-electron chi connectivity index (χ4n) is 3.17. The van der Waals surface area contributed by atoms with Crippen LogP contribution in [0.1, 0.15) is 38.8 Å². The number of nitrogens with zero attached hydrogens (tertiary/aromatic N) is 1. The van der Waals surface area contributed by atoms with Crippen molar-refractivity contribution in [1.82, 2.24) is 4.90 Å². The van der Waals surface area contributed by atoms with E-state index in [2.05, 4.69) is 119 Å². The molecule has 2 aromatic rings. The summed E-state index contributed by atoms with van der Waals surface area (Å²) in [6.07, 6.45) is 4.91. The van der Waals surface area contributed by atoms with E-state index in [9.17, 15) is 0 Å². The molecule has 3 heteroatoms. The molecular weight excluding hydrogens is 394 g/mol. The highest BCUT2D eigenvalue weighted by Gasteiger charge is 2.24. The van der Waals surface area contributed by atoms with E-state index in [1.807, 2.05) is 6.08 Å².